The van der Waals surface area contributed by atoms with Crippen molar-refractivity contribution in [2.24, 2.45) is 0 Å². The molecule has 0 bridgehead atoms. The van der Waals surface area contributed by atoms with Gasteiger partial charge in [-0.1, -0.05) is 18.2 Å². The molecule has 1 heterocycles. The molecule has 25 heavy (non-hydrogen) atoms. The van der Waals surface area contributed by atoms with Gasteiger partial charge in [-0.2, -0.15) is 0 Å². The zero-order valence-corrected chi connectivity index (χ0v) is 15.1. The highest BCUT2D eigenvalue weighted by molar-refractivity contribution is 5.93. The maximum atomic E-state index is 12.6. The van der Waals surface area contributed by atoms with E-state index in [2.05, 4.69) is 4.98 Å². The van der Waals surface area contributed by atoms with Crippen LogP contribution in [0.2, 0.25) is 0 Å². The summed E-state index contributed by atoms with van der Waals surface area (Å²) in [5.74, 6) is -0.0270. The molecule has 2 aromatic rings. The molecule has 2 rings (SSSR count). The van der Waals surface area contributed by atoms with Crippen LogP contribution >= 0.6 is 0 Å². The second kappa shape index (κ2) is 8.97. The van der Waals surface area contributed by atoms with E-state index in [4.69, 9.17) is 0 Å². The van der Waals surface area contributed by atoms with Gasteiger partial charge >= 0.3 is 0 Å². The van der Waals surface area contributed by atoms with Crippen molar-refractivity contribution in [3.05, 3.63) is 59.9 Å². The molecule has 0 N–H and O–H groups in total. The molecule has 5 nitrogen and oxygen atoms in total. The maximum absolute atomic E-state index is 12.6. The number of nitrogens with zero attached hydrogens (tertiary/aromatic N) is 3. The fourth-order valence-electron chi connectivity index (χ4n) is 2.72. The largest absolute Gasteiger partial charge is 0.338 e. The molecular formula is C20H25N3O2. The van der Waals surface area contributed by atoms with Crippen LogP contribution in [0, 0.1) is 6.92 Å². The molecule has 0 radical (unpaired) electrons. The van der Waals surface area contributed by atoms with Crippen molar-refractivity contribution in [1.82, 2.24) is 9.88 Å². The highest BCUT2D eigenvalue weighted by Gasteiger charge is 2.17. The zero-order valence-electron chi connectivity index (χ0n) is 15.1. The summed E-state index contributed by atoms with van der Waals surface area (Å²) in [6.07, 6.45) is 3.73. The third-order valence-corrected chi connectivity index (χ3v) is 4.07. The van der Waals surface area contributed by atoms with Gasteiger partial charge in [-0.05, 0) is 43.2 Å². The van der Waals surface area contributed by atoms with Gasteiger partial charge in [-0.3, -0.25) is 14.6 Å². The Hall–Kier alpha value is -2.69. The van der Waals surface area contributed by atoms with Crippen molar-refractivity contribution in [3.8, 4) is 0 Å². The average molecular weight is 339 g/mol. The van der Waals surface area contributed by atoms with E-state index in [-0.39, 0.29) is 11.8 Å². The minimum Gasteiger partial charge on any atom is -0.338 e. The summed E-state index contributed by atoms with van der Waals surface area (Å²) >= 11 is 0. The first-order valence-electron chi connectivity index (χ1n) is 8.52. The Bertz CT molecular complexity index is 716. The van der Waals surface area contributed by atoms with Crippen LogP contribution < -0.4 is 4.90 Å². The van der Waals surface area contributed by atoms with Crippen LogP contribution in [-0.2, 0) is 16.1 Å². The van der Waals surface area contributed by atoms with Gasteiger partial charge in [-0.15, -0.1) is 0 Å². The van der Waals surface area contributed by atoms with Crippen molar-refractivity contribution in [2.45, 2.75) is 33.7 Å². The predicted octanol–water partition coefficient (Wildman–Crippen LogP) is 3.18. The Morgan fingerprint density at radius 1 is 1.16 bits per heavy atom. The van der Waals surface area contributed by atoms with Crippen LogP contribution in [0.3, 0.4) is 0 Å². The predicted molar refractivity (Wildman–Crippen MR) is 99.2 cm³/mol. The molecule has 1 aromatic carbocycles. The highest BCUT2D eigenvalue weighted by Crippen LogP contribution is 2.17. The van der Waals surface area contributed by atoms with Crippen LogP contribution in [0.25, 0.3) is 0 Å². The van der Waals surface area contributed by atoms with Gasteiger partial charge in [0, 0.05) is 51.1 Å². The number of amides is 2. The lowest BCUT2D eigenvalue weighted by Gasteiger charge is -2.25. The van der Waals surface area contributed by atoms with E-state index >= 15 is 0 Å². The Morgan fingerprint density at radius 3 is 2.56 bits per heavy atom. The van der Waals surface area contributed by atoms with Crippen molar-refractivity contribution in [2.75, 3.05) is 18.0 Å². The number of aryl methyl sites for hydroxylation is 1. The van der Waals surface area contributed by atoms with E-state index in [1.165, 1.54) is 6.92 Å². The van der Waals surface area contributed by atoms with Gasteiger partial charge < -0.3 is 9.80 Å². The average Bonchev–Trinajstić information content (AvgIpc) is 2.60. The fraction of sp³-hybridized carbons (Fsp3) is 0.350. The first-order chi connectivity index (χ1) is 12.0. The van der Waals surface area contributed by atoms with Crippen LogP contribution in [0.4, 0.5) is 5.69 Å². The molecule has 0 saturated carbocycles. The number of pyridine rings is 1. The number of rotatable bonds is 7. The third-order valence-electron chi connectivity index (χ3n) is 4.07. The molecule has 0 fully saturated rings. The summed E-state index contributed by atoms with van der Waals surface area (Å²) in [4.78, 5) is 32.0. The van der Waals surface area contributed by atoms with E-state index in [0.29, 0.717) is 26.1 Å². The van der Waals surface area contributed by atoms with E-state index in [1.807, 2.05) is 50.2 Å². The van der Waals surface area contributed by atoms with Crippen molar-refractivity contribution in [1.29, 1.82) is 0 Å². The van der Waals surface area contributed by atoms with Crippen molar-refractivity contribution < 1.29 is 9.59 Å². The summed E-state index contributed by atoms with van der Waals surface area (Å²) in [5, 5.41) is 0. The van der Waals surface area contributed by atoms with Gasteiger partial charge in [0.1, 0.15) is 0 Å². The Balaban J connectivity index is 2.01. The Labute approximate surface area is 149 Å². The molecule has 132 valence electrons. The quantitative estimate of drug-likeness (QED) is 0.778. The molecule has 0 unspecified atom stereocenters. The molecule has 0 saturated heterocycles. The van der Waals surface area contributed by atoms with Crippen LogP contribution in [0.15, 0.2) is 48.8 Å². The standard InChI is InChI=1S/C20H25N3O2/c1-4-23(19-9-5-7-16(2)13-19)20(25)10-12-22(17(3)24)15-18-8-6-11-21-14-18/h5-9,11,13-14H,4,10,12,15H2,1-3H3. The molecule has 0 aliphatic heterocycles. The molecule has 0 spiro atoms. The number of carbonyl (C=O) groups is 2. The van der Waals surface area contributed by atoms with E-state index in [1.54, 1.807) is 22.2 Å². The number of hydrogen-bond donors (Lipinski definition) is 0. The maximum Gasteiger partial charge on any atom is 0.228 e. The van der Waals surface area contributed by atoms with Crippen molar-refractivity contribution in [3.63, 3.8) is 0 Å². The second-order valence-corrected chi connectivity index (χ2v) is 6.03. The molecule has 0 atom stereocenters. The molecule has 5 heteroatoms. The summed E-state index contributed by atoms with van der Waals surface area (Å²) in [5.41, 5.74) is 2.97. The smallest absolute Gasteiger partial charge is 0.228 e. The summed E-state index contributed by atoms with van der Waals surface area (Å²) < 4.78 is 0. The van der Waals surface area contributed by atoms with Crippen LogP contribution in [0.5, 0.6) is 0 Å². The van der Waals surface area contributed by atoms with E-state index < -0.39 is 0 Å². The number of hydrogen-bond acceptors (Lipinski definition) is 3. The molecule has 2 amide bonds. The highest BCUT2D eigenvalue weighted by atomic mass is 16.2. The topological polar surface area (TPSA) is 53.5 Å². The van der Waals surface area contributed by atoms with E-state index in [0.717, 1.165) is 16.8 Å². The monoisotopic (exact) mass is 339 g/mol. The minimum absolute atomic E-state index is 0.0190. The lowest BCUT2D eigenvalue weighted by atomic mass is 10.2. The summed E-state index contributed by atoms with van der Waals surface area (Å²) in [7, 11) is 0. The molecule has 0 aliphatic carbocycles. The number of aromatic nitrogens is 1. The number of anilines is 1. The van der Waals surface area contributed by atoms with Gasteiger partial charge in [0.05, 0.1) is 0 Å². The molecular weight excluding hydrogens is 314 g/mol. The second-order valence-electron chi connectivity index (χ2n) is 6.03. The van der Waals surface area contributed by atoms with Crippen LogP contribution in [0.1, 0.15) is 31.4 Å². The van der Waals surface area contributed by atoms with Crippen molar-refractivity contribution >= 4 is 17.5 Å². The summed E-state index contributed by atoms with van der Waals surface area (Å²) in [6.45, 7) is 6.95. The first kappa shape index (κ1) is 18.6. The zero-order chi connectivity index (χ0) is 18.2. The lowest BCUT2D eigenvalue weighted by molar-refractivity contribution is -0.130. The Morgan fingerprint density at radius 2 is 1.96 bits per heavy atom. The first-order valence-corrected chi connectivity index (χ1v) is 8.52. The van der Waals surface area contributed by atoms with Gasteiger partial charge in [-0.25, -0.2) is 0 Å². The third kappa shape index (κ3) is 5.41. The minimum atomic E-state index is -0.0461. The lowest BCUT2D eigenvalue weighted by Crippen LogP contribution is -2.36. The molecule has 1 aromatic heterocycles. The van der Waals surface area contributed by atoms with Gasteiger partial charge in [0.25, 0.3) is 0 Å². The van der Waals surface area contributed by atoms with Gasteiger partial charge in [0.15, 0.2) is 0 Å². The number of benzene rings is 1. The molecule has 0 aliphatic rings. The number of carbonyl (C=O) groups excluding carboxylic acids is 2. The van der Waals surface area contributed by atoms with Crippen LogP contribution in [-0.4, -0.2) is 34.8 Å². The van der Waals surface area contributed by atoms with Gasteiger partial charge in [0.2, 0.25) is 11.8 Å². The Kier molecular flexibility index (Phi) is 6.69. The summed E-state index contributed by atoms with van der Waals surface area (Å²) in [6, 6.07) is 11.7. The SMILES string of the molecule is CCN(C(=O)CCN(Cc1cccnc1)C(C)=O)c1cccc(C)c1. The fourth-order valence-corrected chi connectivity index (χ4v) is 2.72. The van der Waals surface area contributed by atoms with E-state index in [9.17, 15) is 9.59 Å². The normalized spacial score (nSPS) is 10.4.